The summed E-state index contributed by atoms with van der Waals surface area (Å²) < 4.78 is 1.78. The minimum absolute atomic E-state index is 0.0744. The van der Waals surface area contributed by atoms with Crippen LogP contribution >= 0.6 is 0 Å². The van der Waals surface area contributed by atoms with E-state index in [1.807, 2.05) is 24.4 Å². The number of primary amides is 1. The predicted molar refractivity (Wildman–Crippen MR) is 117 cm³/mol. The monoisotopic (exact) mass is 435 g/mol. The molecular weight excluding hydrogens is 418 g/mol. The predicted octanol–water partition coefficient (Wildman–Crippen LogP) is 2.59. The summed E-state index contributed by atoms with van der Waals surface area (Å²) in [6.07, 6.45) is 6.41. The molecular formula is C23H17N9O. The standard InChI is InChI=1S/C23H17N9O/c24-6-5-23(11-14(12-23)13-25)32-9-4-17(31-32)20-15-2-1-7-27-18(15)10-19(29-20)16-3-8-28-22(30-16)21(26)33/h1-4,7-10,14H,5,11-12H2,(H2,26,33)/t14-,23-. The third kappa shape index (κ3) is 3.44. The SMILES string of the molecule is N#CC[C@]1(n2ccc(-c3nc(-c4ccnc(C(N)=O)n4)cc4ncccc34)n2)C[C@H](C#N)C1. The van der Waals surface area contributed by atoms with E-state index in [1.165, 1.54) is 6.20 Å². The molecule has 0 aromatic carbocycles. The highest BCUT2D eigenvalue weighted by Gasteiger charge is 2.46. The second-order valence-electron chi connectivity index (χ2n) is 7.99. The van der Waals surface area contributed by atoms with Crippen molar-refractivity contribution < 1.29 is 4.79 Å². The third-order valence-corrected chi connectivity index (χ3v) is 5.90. The normalized spacial score (nSPS) is 19.4. The van der Waals surface area contributed by atoms with Gasteiger partial charge in [-0.3, -0.25) is 14.5 Å². The second-order valence-corrected chi connectivity index (χ2v) is 7.99. The van der Waals surface area contributed by atoms with Crippen molar-refractivity contribution in [3.63, 3.8) is 0 Å². The van der Waals surface area contributed by atoms with Crippen LogP contribution in [-0.4, -0.2) is 35.6 Å². The van der Waals surface area contributed by atoms with Crippen molar-refractivity contribution in [3.05, 3.63) is 54.7 Å². The number of fused-ring (bicyclic) bond motifs is 1. The minimum Gasteiger partial charge on any atom is -0.363 e. The van der Waals surface area contributed by atoms with Crippen molar-refractivity contribution in [2.45, 2.75) is 24.8 Å². The lowest BCUT2D eigenvalue weighted by Crippen LogP contribution is -2.46. The van der Waals surface area contributed by atoms with Crippen LogP contribution in [0.4, 0.5) is 0 Å². The van der Waals surface area contributed by atoms with Gasteiger partial charge in [0.25, 0.3) is 5.91 Å². The molecule has 160 valence electrons. The highest BCUT2D eigenvalue weighted by molar-refractivity contribution is 5.94. The molecule has 0 bridgehead atoms. The number of pyridine rings is 2. The fraction of sp³-hybridized carbons (Fsp3) is 0.217. The zero-order chi connectivity index (χ0) is 23.0. The first-order valence-electron chi connectivity index (χ1n) is 10.2. The maximum Gasteiger partial charge on any atom is 0.286 e. The molecule has 2 N–H and O–H groups in total. The van der Waals surface area contributed by atoms with Crippen molar-refractivity contribution >= 4 is 16.8 Å². The lowest BCUT2D eigenvalue weighted by atomic mass is 9.67. The Morgan fingerprint density at radius 2 is 1.97 bits per heavy atom. The average Bonchev–Trinajstić information content (AvgIpc) is 3.31. The Hall–Kier alpha value is -4.70. The molecule has 0 unspecified atom stereocenters. The zero-order valence-electron chi connectivity index (χ0n) is 17.4. The number of aromatic nitrogens is 6. The lowest BCUT2D eigenvalue weighted by Gasteiger charge is -2.43. The van der Waals surface area contributed by atoms with E-state index < -0.39 is 11.4 Å². The summed E-state index contributed by atoms with van der Waals surface area (Å²) in [6.45, 7) is 0. The smallest absolute Gasteiger partial charge is 0.286 e. The van der Waals surface area contributed by atoms with Gasteiger partial charge in [-0.1, -0.05) is 0 Å². The first kappa shape index (κ1) is 20.2. The number of carbonyl (C=O) groups is 1. The van der Waals surface area contributed by atoms with E-state index in [1.54, 1.807) is 23.0 Å². The van der Waals surface area contributed by atoms with Crippen molar-refractivity contribution in [2.24, 2.45) is 11.7 Å². The first-order chi connectivity index (χ1) is 16.0. The number of hydrogen-bond donors (Lipinski definition) is 1. The average molecular weight is 435 g/mol. The van der Waals surface area contributed by atoms with Gasteiger partial charge in [-0.15, -0.1) is 0 Å². The maximum atomic E-state index is 11.5. The summed E-state index contributed by atoms with van der Waals surface area (Å²) in [5, 5.41) is 24.1. The molecule has 0 saturated heterocycles. The number of carbonyl (C=O) groups excluding carboxylic acids is 1. The van der Waals surface area contributed by atoms with Crippen LogP contribution in [0.5, 0.6) is 0 Å². The molecule has 4 aromatic heterocycles. The van der Waals surface area contributed by atoms with E-state index in [2.05, 4.69) is 27.1 Å². The van der Waals surface area contributed by atoms with Gasteiger partial charge in [0.15, 0.2) is 0 Å². The maximum absolute atomic E-state index is 11.5. The summed E-state index contributed by atoms with van der Waals surface area (Å²) in [7, 11) is 0. The van der Waals surface area contributed by atoms with Crippen LogP contribution < -0.4 is 5.73 Å². The van der Waals surface area contributed by atoms with Crippen molar-refractivity contribution in [2.75, 3.05) is 0 Å². The van der Waals surface area contributed by atoms with E-state index in [0.717, 1.165) is 5.39 Å². The summed E-state index contributed by atoms with van der Waals surface area (Å²) in [5.41, 5.74) is 7.66. The number of hydrogen-bond acceptors (Lipinski definition) is 8. The molecule has 5 rings (SSSR count). The summed E-state index contributed by atoms with van der Waals surface area (Å²) in [4.78, 5) is 28.9. The van der Waals surface area contributed by atoms with Gasteiger partial charge in [0, 0.05) is 24.0 Å². The number of amides is 1. The molecule has 1 aliphatic rings. The zero-order valence-corrected chi connectivity index (χ0v) is 17.4. The van der Waals surface area contributed by atoms with E-state index in [4.69, 9.17) is 15.8 Å². The Bertz CT molecular complexity index is 1470. The highest BCUT2D eigenvalue weighted by atomic mass is 16.1. The molecule has 10 nitrogen and oxygen atoms in total. The summed E-state index contributed by atoms with van der Waals surface area (Å²) in [6, 6.07) is 13.5. The quantitative estimate of drug-likeness (QED) is 0.500. The highest BCUT2D eigenvalue weighted by Crippen LogP contribution is 2.46. The van der Waals surface area contributed by atoms with Crippen LogP contribution in [0, 0.1) is 28.6 Å². The Labute approximate surface area is 188 Å². The van der Waals surface area contributed by atoms with Gasteiger partial charge in [-0.2, -0.15) is 15.6 Å². The van der Waals surface area contributed by atoms with Gasteiger partial charge in [0.2, 0.25) is 5.82 Å². The molecule has 0 radical (unpaired) electrons. The molecule has 0 atom stereocenters. The molecule has 0 aliphatic heterocycles. The Kier molecular flexibility index (Phi) is 4.76. The first-order valence-corrected chi connectivity index (χ1v) is 10.2. The second kappa shape index (κ2) is 7.77. The number of nitrogens with two attached hydrogens (primary N) is 1. The van der Waals surface area contributed by atoms with Crippen molar-refractivity contribution in [1.82, 2.24) is 29.7 Å². The fourth-order valence-corrected chi connectivity index (χ4v) is 4.24. The molecule has 10 heteroatoms. The molecule has 1 fully saturated rings. The molecule has 33 heavy (non-hydrogen) atoms. The lowest BCUT2D eigenvalue weighted by molar-refractivity contribution is 0.0884. The summed E-state index contributed by atoms with van der Waals surface area (Å²) >= 11 is 0. The van der Waals surface area contributed by atoms with Gasteiger partial charge in [-0.25, -0.2) is 15.0 Å². The van der Waals surface area contributed by atoms with Crippen LogP contribution in [-0.2, 0) is 5.54 Å². The molecule has 1 aliphatic carbocycles. The minimum atomic E-state index is -0.728. The molecule has 4 aromatic rings. The van der Waals surface area contributed by atoms with E-state index in [0.29, 0.717) is 41.1 Å². The number of rotatable bonds is 5. The third-order valence-electron chi connectivity index (χ3n) is 5.90. The topological polar surface area (TPSA) is 160 Å². The number of nitrogens with zero attached hydrogens (tertiary/aromatic N) is 8. The molecule has 1 amide bonds. The van der Waals surface area contributed by atoms with Crippen molar-refractivity contribution in [3.8, 4) is 34.9 Å². The Morgan fingerprint density at radius 3 is 2.73 bits per heavy atom. The van der Waals surface area contributed by atoms with Gasteiger partial charge in [0.1, 0.15) is 11.4 Å². The Morgan fingerprint density at radius 1 is 1.12 bits per heavy atom. The molecule has 1 saturated carbocycles. The van der Waals surface area contributed by atoms with E-state index >= 15 is 0 Å². The van der Waals surface area contributed by atoms with Gasteiger partial charge < -0.3 is 5.73 Å². The van der Waals surface area contributed by atoms with E-state index in [-0.39, 0.29) is 18.2 Å². The summed E-state index contributed by atoms with van der Waals surface area (Å²) in [5.74, 6) is -0.903. The fourth-order valence-electron chi connectivity index (χ4n) is 4.24. The Balaban J connectivity index is 1.62. The van der Waals surface area contributed by atoms with E-state index in [9.17, 15) is 15.3 Å². The molecule has 0 spiro atoms. The van der Waals surface area contributed by atoms with Gasteiger partial charge >= 0.3 is 0 Å². The van der Waals surface area contributed by atoms with Crippen LogP contribution in [0.1, 0.15) is 29.9 Å². The molecule has 4 heterocycles. The van der Waals surface area contributed by atoms with Crippen molar-refractivity contribution in [1.29, 1.82) is 10.5 Å². The van der Waals surface area contributed by atoms with Gasteiger partial charge in [-0.05, 0) is 43.2 Å². The van der Waals surface area contributed by atoms with Crippen LogP contribution in [0.25, 0.3) is 33.7 Å². The van der Waals surface area contributed by atoms with Crippen LogP contribution in [0.15, 0.2) is 48.9 Å². The largest absolute Gasteiger partial charge is 0.363 e. The van der Waals surface area contributed by atoms with Crippen LogP contribution in [0.2, 0.25) is 0 Å². The number of nitriles is 2. The van der Waals surface area contributed by atoms with Crippen LogP contribution in [0.3, 0.4) is 0 Å². The van der Waals surface area contributed by atoms with Gasteiger partial charge in [0.05, 0.1) is 46.9 Å².